The predicted molar refractivity (Wildman–Crippen MR) is 64.0 cm³/mol. The Balaban J connectivity index is 2.44. The third kappa shape index (κ3) is 2.49. The van der Waals surface area contributed by atoms with E-state index in [1.165, 1.54) is 18.6 Å². The van der Waals surface area contributed by atoms with Crippen LogP contribution < -0.4 is 4.72 Å². The molecule has 18 heavy (non-hydrogen) atoms. The maximum Gasteiger partial charge on any atom is 0.265 e. The molecule has 0 unspecified atom stereocenters. The normalized spacial score (nSPS) is 11.5. The summed E-state index contributed by atoms with van der Waals surface area (Å²) in [5.74, 6) is -1.92. The molecule has 0 bridgehead atoms. The highest BCUT2D eigenvalue weighted by molar-refractivity contribution is 7.93. The largest absolute Gasteiger partial charge is 0.269 e. The first kappa shape index (κ1) is 12.9. The van der Waals surface area contributed by atoms with Gasteiger partial charge in [-0.1, -0.05) is 0 Å². The minimum Gasteiger partial charge on any atom is -0.269 e. The average Bonchev–Trinajstić information content (AvgIpc) is 2.75. The van der Waals surface area contributed by atoms with Gasteiger partial charge in [-0.2, -0.15) is 0 Å². The lowest BCUT2D eigenvalue weighted by Crippen LogP contribution is -2.14. The van der Waals surface area contributed by atoms with Crippen LogP contribution in [0.25, 0.3) is 0 Å². The highest BCUT2D eigenvalue weighted by Crippen LogP contribution is 2.23. The molecule has 0 aliphatic rings. The number of thiazole rings is 1. The van der Waals surface area contributed by atoms with Gasteiger partial charge in [-0.3, -0.25) is 9.71 Å². The second-order valence-electron chi connectivity index (χ2n) is 3.50. The highest BCUT2D eigenvalue weighted by Gasteiger charge is 2.21. The van der Waals surface area contributed by atoms with Gasteiger partial charge in [0.15, 0.2) is 0 Å². The number of aryl methyl sites for hydroxylation is 1. The van der Waals surface area contributed by atoms with E-state index in [2.05, 4.69) is 9.71 Å². The van der Waals surface area contributed by atoms with Crippen molar-refractivity contribution < 1.29 is 17.2 Å². The molecule has 0 spiro atoms. The number of aromatic nitrogens is 1. The molecule has 2 rings (SSSR count). The molecular formula is C10H8F2N2O2S2. The number of hydrogen-bond acceptors (Lipinski definition) is 4. The van der Waals surface area contributed by atoms with Crippen LogP contribution >= 0.6 is 11.3 Å². The number of nitrogens with one attached hydrogen (secondary N) is 1. The number of nitrogens with zero attached hydrogens (tertiary/aromatic N) is 1. The van der Waals surface area contributed by atoms with Crippen molar-refractivity contribution in [2.45, 2.75) is 11.8 Å². The van der Waals surface area contributed by atoms with Crippen molar-refractivity contribution in [3.63, 3.8) is 0 Å². The summed E-state index contributed by atoms with van der Waals surface area (Å²) in [6.07, 6.45) is 1.30. The summed E-state index contributed by atoms with van der Waals surface area (Å²) in [7, 11) is -4.07. The van der Waals surface area contributed by atoms with Gasteiger partial charge in [-0.05, 0) is 18.6 Å². The first-order valence-corrected chi connectivity index (χ1v) is 7.13. The zero-order chi connectivity index (χ0) is 13.3. The number of benzene rings is 1. The van der Waals surface area contributed by atoms with E-state index in [9.17, 15) is 17.2 Å². The van der Waals surface area contributed by atoms with Gasteiger partial charge in [0.1, 0.15) is 21.5 Å². The standard InChI is InChI=1S/C10H8F2N2O2S2/c1-6-2-9(8(12)3-7(6)11)18(15,16)14-10-4-13-5-17-10/h2-5,14H,1H3. The highest BCUT2D eigenvalue weighted by atomic mass is 32.2. The van der Waals surface area contributed by atoms with E-state index >= 15 is 0 Å². The molecule has 2 aromatic rings. The third-order valence-corrected chi connectivity index (χ3v) is 4.37. The molecule has 96 valence electrons. The summed E-state index contributed by atoms with van der Waals surface area (Å²) in [4.78, 5) is 3.10. The molecule has 1 aromatic heterocycles. The fourth-order valence-electron chi connectivity index (χ4n) is 1.29. The minimum atomic E-state index is -4.07. The number of hydrogen-bond donors (Lipinski definition) is 1. The lowest BCUT2D eigenvalue weighted by molar-refractivity contribution is 0.547. The Kier molecular flexibility index (Phi) is 3.31. The van der Waals surface area contributed by atoms with Gasteiger partial charge in [0, 0.05) is 6.07 Å². The van der Waals surface area contributed by atoms with Gasteiger partial charge in [-0.15, -0.1) is 11.3 Å². The predicted octanol–water partition coefficient (Wildman–Crippen LogP) is 2.53. The molecule has 0 atom stereocenters. The summed E-state index contributed by atoms with van der Waals surface area (Å²) in [6, 6.07) is 1.50. The summed E-state index contributed by atoms with van der Waals surface area (Å²) < 4.78 is 52.5. The lowest BCUT2D eigenvalue weighted by Gasteiger charge is -2.08. The van der Waals surface area contributed by atoms with E-state index in [-0.39, 0.29) is 10.6 Å². The van der Waals surface area contributed by atoms with Crippen molar-refractivity contribution >= 4 is 26.4 Å². The zero-order valence-electron chi connectivity index (χ0n) is 9.15. The third-order valence-electron chi connectivity index (χ3n) is 2.17. The lowest BCUT2D eigenvalue weighted by atomic mass is 10.2. The van der Waals surface area contributed by atoms with Crippen LogP contribution in [-0.4, -0.2) is 13.4 Å². The summed E-state index contributed by atoms with van der Waals surface area (Å²) >= 11 is 1.06. The molecule has 1 aromatic carbocycles. The van der Waals surface area contributed by atoms with Crippen LogP contribution in [0.15, 0.2) is 28.7 Å². The van der Waals surface area contributed by atoms with Gasteiger partial charge in [0.25, 0.3) is 10.0 Å². The van der Waals surface area contributed by atoms with Crippen molar-refractivity contribution in [3.8, 4) is 0 Å². The monoisotopic (exact) mass is 290 g/mol. The Bertz CT molecular complexity index is 669. The van der Waals surface area contributed by atoms with Gasteiger partial charge >= 0.3 is 0 Å². The van der Waals surface area contributed by atoms with Crippen molar-refractivity contribution in [3.05, 3.63) is 41.0 Å². The van der Waals surface area contributed by atoms with Crippen molar-refractivity contribution in [2.75, 3.05) is 4.72 Å². The quantitative estimate of drug-likeness (QED) is 0.945. The van der Waals surface area contributed by atoms with Crippen LogP contribution in [-0.2, 0) is 10.0 Å². The number of halogens is 2. The first-order valence-electron chi connectivity index (χ1n) is 4.77. The van der Waals surface area contributed by atoms with Crippen LogP contribution in [0.3, 0.4) is 0 Å². The van der Waals surface area contributed by atoms with E-state index in [1.807, 2.05) is 0 Å². The van der Waals surface area contributed by atoms with Crippen LogP contribution in [0.1, 0.15) is 5.56 Å². The maximum atomic E-state index is 13.5. The van der Waals surface area contributed by atoms with Gasteiger partial charge < -0.3 is 0 Å². The van der Waals surface area contributed by atoms with Gasteiger partial charge in [-0.25, -0.2) is 17.2 Å². The SMILES string of the molecule is Cc1cc(S(=O)(=O)Nc2cncs2)c(F)cc1F. The van der Waals surface area contributed by atoms with E-state index < -0.39 is 26.6 Å². The molecule has 0 saturated carbocycles. The van der Waals surface area contributed by atoms with Crippen LogP contribution in [0, 0.1) is 18.6 Å². The van der Waals surface area contributed by atoms with Crippen LogP contribution in [0.5, 0.6) is 0 Å². The Morgan fingerprint density at radius 1 is 1.28 bits per heavy atom. The number of anilines is 1. The molecular weight excluding hydrogens is 282 g/mol. The molecule has 0 aliphatic carbocycles. The second-order valence-corrected chi connectivity index (χ2v) is 6.04. The first-order chi connectivity index (χ1) is 8.40. The fourth-order valence-corrected chi connectivity index (χ4v) is 3.24. The average molecular weight is 290 g/mol. The van der Waals surface area contributed by atoms with E-state index in [0.717, 1.165) is 17.4 Å². The smallest absolute Gasteiger partial charge is 0.265 e. The van der Waals surface area contributed by atoms with Crippen LogP contribution in [0.2, 0.25) is 0 Å². The fraction of sp³-hybridized carbons (Fsp3) is 0.100. The topological polar surface area (TPSA) is 59.1 Å². The summed E-state index contributed by atoms with van der Waals surface area (Å²) in [5.41, 5.74) is 1.49. The maximum absolute atomic E-state index is 13.5. The molecule has 8 heteroatoms. The zero-order valence-corrected chi connectivity index (χ0v) is 10.8. The van der Waals surface area contributed by atoms with Crippen molar-refractivity contribution in [1.29, 1.82) is 0 Å². The van der Waals surface area contributed by atoms with Gasteiger partial charge in [0.05, 0.1) is 11.7 Å². The number of sulfonamides is 1. The molecule has 0 saturated heterocycles. The Morgan fingerprint density at radius 2 is 2.00 bits per heavy atom. The van der Waals surface area contributed by atoms with Crippen LogP contribution in [0.4, 0.5) is 13.8 Å². The van der Waals surface area contributed by atoms with Crippen molar-refractivity contribution in [2.24, 2.45) is 0 Å². The Morgan fingerprint density at radius 3 is 2.61 bits per heavy atom. The molecule has 0 amide bonds. The molecule has 0 aliphatic heterocycles. The minimum absolute atomic E-state index is 0.0566. The number of rotatable bonds is 3. The van der Waals surface area contributed by atoms with E-state index in [4.69, 9.17) is 0 Å². The van der Waals surface area contributed by atoms with E-state index in [0.29, 0.717) is 6.07 Å². The Hall–Kier alpha value is -1.54. The summed E-state index contributed by atoms with van der Waals surface area (Å²) in [5, 5.41) is 0.261. The molecule has 1 N–H and O–H groups in total. The molecule has 0 fully saturated rings. The molecule has 0 radical (unpaired) electrons. The summed E-state index contributed by atoms with van der Waals surface area (Å²) in [6.45, 7) is 1.36. The van der Waals surface area contributed by atoms with E-state index in [1.54, 1.807) is 0 Å². The second kappa shape index (κ2) is 4.62. The molecule has 4 nitrogen and oxygen atoms in total. The Labute approximate surface area is 106 Å². The van der Waals surface area contributed by atoms with Crippen molar-refractivity contribution in [1.82, 2.24) is 4.98 Å². The van der Waals surface area contributed by atoms with Gasteiger partial charge in [0.2, 0.25) is 0 Å². The molecule has 1 heterocycles.